The molecule has 1 aliphatic rings. The molecule has 0 aliphatic carbocycles. The maximum atomic E-state index is 13.5. The summed E-state index contributed by atoms with van der Waals surface area (Å²) < 4.78 is 6.25. The van der Waals surface area contributed by atoms with Crippen LogP contribution >= 0.6 is 0 Å². The molecule has 3 atom stereocenters. The fraction of sp³-hybridized carbons (Fsp3) is 0.462. The number of carbonyl (C=O) groups excluding carboxylic acids is 2. The van der Waals surface area contributed by atoms with Crippen molar-refractivity contribution in [3.63, 3.8) is 0 Å². The van der Waals surface area contributed by atoms with Crippen molar-refractivity contribution in [2.45, 2.75) is 26.0 Å². The molecule has 1 aliphatic heterocycles. The topological polar surface area (TPSA) is 99.1 Å². The Morgan fingerprint density at radius 3 is 2.77 bits per heavy atom. The summed E-state index contributed by atoms with van der Waals surface area (Å²) in [4.78, 5) is 40.0. The fourth-order valence-corrected chi connectivity index (χ4v) is 3.75. The molecule has 3 heterocycles. The van der Waals surface area contributed by atoms with Crippen LogP contribution in [0.15, 0.2) is 36.8 Å². The molecule has 0 spiro atoms. The van der Waals surface area contributed by atoms with Crippen LogP contribution in [0.2, 0.25) is 0 Å². The molecule has 186 valence electrons. The SMILES string of the molecule is C[C@@H]1CN([C@H](C)CO)C(=O)c2cc(C#CCN(C)C)cnc2O[C@@H]1CN(C)C(=O)c1cccnc1. The summed E-state index contributed by atoms with van der Waals surface area (Å²) in [5.74, 6) is 5.71. The van der Waals surface area contributed by atoms with Crippen LogP contribution < -0.4 is 4.74 Å². The molecule has 0 radical (unpaired) electrons. The maximum Gasteiger partial charge on any atom is 0.259 e. The lowest BCUT2D eigenvalue weighted by Gasteiger charge is -2.37. The Hall–Kier alpha value is -3.48. The van der Waals surface area contributed by atoms with E-state index >= 15 is 0 Å². The lowest BCUT2D eigenvalue weighted by atomic mass is 9.99. The summed E-state index contributed by atoms with van der Waals surface area (Å²) in [7, 11) is 5.56. The van der Waals surface area contributed by atoms with Crippen LogP contribution in [0.5, 0.6) is 5.88 Å². The number of aromatic nitrogens is 2. The molecule has 2 amide bonds. The van der Waals surface area contributed by atoms with E-state index in [0.29, 0.717) is 29.8 Å². The van der Waals surface area contributed by atoms with E-state index in [4.69, 9.17) is 4.74 Å². The lowest BCUT2D eigenvalue weighted by molar-refractivity contribution is 0.0313. The number of amides is 2. The van der Waals surface area contributed by atoms with Crippen LogP contribution in [0, 0.1) is 17.8 Å². The van der Waals surface area contributed by atoms with Crippen molar-refractivity contribution >= 4 is 11.8 Å². The molecule has 9 nitrogen and oxygen atoms in total. The largest absolute Gasteiger partial charge is 0.472 e. The van der Waals surface area contributed by atoms with Gasteiger partial charge in [-0.05, 0) is 39.2 Å². The van der Waals surface area contributed by atoms with E-state index in [1.165, 1.54) is 6.20 Å². The summed E-state index contributed by atoms with van der Waals surface area (Å²) in [6, 6.07) is 4.72. The van der Waals surface area contributed by atoms with Crippen LogP contribution in [0.4, 0.5) is 0 Å². The third kappa shape index (κ3) is 6.56. The van der Waals surface area contributed by atoms with Crippen molar-refractivity contribution in [3.8, 4) is 17.7 Å². The molecule has 0 unspecified atom stereocenters. The van der Waals surface area contributed by atoms with Gasteiger partial charge in [-0.1, -0.05) is 18.8 Å². The van der Waals surface area contributed by atoms with Crippen LogP contribution in [0.3, 0.4) is 0 Å². The zero-order valence-corrected chi connectivity index (χ0v) is 20.9. The van der Waals surface area contributed by atoms with E-state index in [1.807, 2.05) is 25.9 Å². The summed E-state index contributed by atoms with van der Waals surface area (Å²) >= 11 is 0. The van der Waals surface area contributed by atoms with Crippen LogP contribution in [0.25, 0.3) is 0 Å². The van der Waals surface area contributed by atoms with Gasteiger partial charge in [0.05, 0.1) is 31.3 Å². The third-order valence-electron chi connectivity index (χ3n) is 5.86. The minimum atomic E-state index is -0.431. The van der Waals surface area contributed by atoms with Gasteiger partial charge in [0.2, 0.25) is 5.88 Å². The highest BCUT2D eigenvalue weighted by atomic mass is 16.5. The monoisotopic (exact) mass is 479 g/mol. The summed E-state index contributed by atoms with van der Waals surface area (Å²) in [5, 5.41) is 9.81. The van der Waals surface area contributed by atoms with Gasteiger partial charge >= 0.3 is 0 Å². The van der Waals surface area contributed by atoms with E-state index in [9.17, 15) is 14.7 Å². The number of rotatable bonds is 6. The Bertz CT molecular complexity index is 1100. The van der Waals surface area contributed by atoms with Gasteiger partial charge in [0.15, 0.2) is 0 Å². The molecule has 3 rings (SSSR count). The number of likely N-dealkylation sites (N-methyl/N-ethyl adjacent to an activating group) is 1. The number of hydrogen-bond acceptors (Lipinski definition) is 7. The first kappa shape index (κ1) is 26.1. The molecular formula is C26H33N5O4. The number of hydrogen-bond donors (Lipinski definition) is 1. The van der Waals surface area contributed by atoms with E-state index in [1.54, 1.807) is 54.4 Å². The molecule has 9 heteroatoms. The maximum absolute atomic E-state index is 13.5. The predicted octanol–water partition coefficient (Wildman–Crippen LogP) is 1.38. The molecule has 0 saturated heterocycles. The quantitative estimate of drug-likeness (QED) is 0.625. The number of nitrogens with zero attached hydrogens (tertiary/aromatic N) is 5. The lowest BCUT2D eigenvalue weighted by Crippen LogP contribution is -2.50. The number of carbonyl (C=O) groups is 2. The number of aliphatic hydroxyl groups is 1. The first-order chi connectivity index (χ1) is 16.7. The van der Waals surface area contributed by atoms with E-state index in [0.717, 1.165) is 0 Å². The Morgan fingerprint density at radius 1 is 1.34 bits per heavy atom. The number of pyridine rings is 2. The van der Waals surface area contributed by atoms with E-state index in [-0.39, 0.29) is 36.8 Å². The smallest absolute Gasteiger partial charge is 0.259 e. The van der Waals surface area contributed by atoms with Crippen molar-refractivity contribution in [2.75, 3.05) is 47.4 Å². The fourth-order valence-electron chi connectivity index (χ4n) is 3.75. The van der Waals surface area contributed by atoms with Gasteiger partial charge in [0, 0.05) is 43.7 Å². The van der Waals surface area contributed by atoms with Crippen molar-refractivity contribution < 1.29 is 19.4 Å². The average Bonchev–Trinajstić information content (AvgIpc) is 2.85. The molecule has 2 aromatic rings. The first-order valence-corrected chi connectivity index (χ1v) is 11.6. The molecule has 0 fully saturated rings. The number of fused-ring (bicyclic) bond motifs is 1. The average molecular weight is 480 g/mol. The Labute approximate surface area is 206 Å². The molecule has 35 heavy (non-hydrogen) atoms. The molecule has 1 N–H and O–H groups in total. The standard InChI is InChI=1S/C26H33N5O4/c1-18-15-31(19(2)17-32)26(34)22-12-20(8-7-11-29(3)4)13-28-24(22)35-23(18)16-30(5)25(33)21-9-6-10-27-14-21/h6,9-10,12-14,18-19,23,32H,11,15-17H2,1-5H3/t18-,19-,23-/m1/s1. The highest BCUT2D eigenvalue weighted by molar-refractivity contribution is 5.97. The van der Waals surface area contributed by atoms with Crippen LogP contribution in [-0.2, 0) is 0 Å². The van der Waals surface area contributed by atoms with Gasteiger partial charge in [-0.15, -0.1) is 0 Å². The number of ether oxygens (including phenoxy) is 1. The van der Waals surface area contributed by atoms with Crippen molar-refractivity contribution in [1.29, 1.82) is 0 Å². The van der Waals surface area contributed by atoms with Crippen LogP contribution in [0.1, 0.15) is 40.1 Å². The van der Waals surface area contributed by atoms with Gasteiger partial charge in [-0.25, -0.2) is 4.98 Å². The van der Waals surface area contributed by atoms with Crippen molar-refractivity contribution in [2.24, 2.45) is 5.92 Å². The predicted molar refractivity (Wildman–Crippen MR) is 132 cm³/mol. The molecule has 0 bridgehead atoms. The number of aliphatic hydroxyl groups excluding tert-OH is 1. The second kappa shape index (κ2) is 11.8. The molecule has 0 aromatic carbocycles. The van der Waals surface area contributed by atoms with Crippen molar-refractivity contribution in [3.05, 3.63) is 53.5 Å². The Kier molecular flexibility index (Phi) is 8.79. The summed E-state index contributed by atoms with van der Waals surface area (Å²) in [6.45, 7) is 4.81. The summed E-state index contributed by atoms with van der Waals surface area (Å²) in [5.41, 5.74) is 1.38. The third-order valence-corrected chi connectivity index (χ3v) is 5.86. The van der Waals surface area contributed by atoms with E-state index in [2.05, 4.69) is 21.8 Å². The zero-order valence-electron chi connectivity index (χ0n) is 20.9. The minimum Gasteiger partial charge on any atom is -0.472 e. The Balaban J connectivity index is 1.93. The molecule has 2 aromatic heterocycles. The van der Waals surface area contributed by atoms with E-state index < -0.39 is 12.1 Å². The van der Waals surface area contributed by atoms with Gasteiger partial charge in [-0.2, -0.15) is 0 Å². The van der Waals surface area contributed by atoms with Gasteiger partial charge in [-0.3, -0.25) is 19.5 Å². The van der Waals surface area contributed by atoms with Crippen LogP contribution in [-0.4, -0.2) is 101 Å². The van der Waals surface area contributed by atoms with Gasteiger partial charge < -0.3 is 19.6 Å². The zero-order chi connectivity index (χ0) is 25.5. The van der Waals surface area contributed by atoms with Gasteiger partial charge in [0.1, 0.15) is 11.7 Å². The highest BCUT2D eigenvalue weighted by Gasteiger charge is 2.34. The molecular weight excluding hydrogens is 446 g/mol. The second-order valence-electron chi connectivity index (χ2n) is 9.17. The summed E-state index contributed by atoms with van der Waals surface area (Å²) in [6.07, 6.45) is 4.30. The minimum absolute atomic E-state index is 0.133. The first-order valence-electron chi connectivity index (χ1n) is 11.6. The van der Waals surface area contributed by atoms with Crippen molar-refractivity contribution in [1.82, 2.24) is 24.7 Å². The highest BCUT2D eigenvalue weighted by Crippen LogP contribution is 2.27. The second-order valence-corrected chi connectivity index (χ2v) is 9.17. The normalized spacial score (nSPS) is 18.5. The van der Waals surface area contributed by atoms with Gasteiger partial charge in [0.25, 0.3) is 11.8 Å². The Morgan fingerprint density at radius 2 is 2.11 bits per heavy atom. The molecule has 0 saturated carbocycles.